The number of esters is 1. The number of carbonyl (C=O) groups is 2. The third-order valence-corrected chi connectivity index (χ3v) is 13.4. The van der Waals surface area contributed by atoms with Crippen LogP contribution in [-0.4, -0.2) is 87.0 Å². The molecule has 1 aromatic rings. The summed E-state index contributed by atoms with van der Waals surface area (Å²) in [6.45, 7) is 9.56. The van der Waals surface area contributed by atoms with E-state index in [1.165, 1.54) is 0 Å². The van der Waals surface area contributed by atoms with Gasteiger partial charge in [0, 0.05) is 30.1 Å². The Morgan fingerprint density at radius 1 is 1.04 bits per heavy atom. The normalized spacial score (nSPS) is 51.2. The Kier molecular flexibility index (Phi) is 7.27. The third kappa shape index (κ3) is 4.03. The number of carbonyl (C=O) groups excluding carboxylic acids is 2. The summed E-state index contributed by atoms with van der Waals surface area (Å²) >= 11 is 0. The molecule has 10 heteroatoms. The lowest BCUT2D eigenvalue weighted by Crippen LogP contribution is -2.74. The Morgan fingerprint density at radius 2 is 1.77 bits per heavy atom. The van der Waals surface area contributed by atoms with Crippen LogP contribution in [0.2, 0.25) is 0 Å². The summed E-state index contributed by atoms with van der Waals surface area (Å²) < 4.78 is 33.7. The molecule has 7 aliphatic rings. The highest BCUT2D eigenvalue weighted by Gasteiger charge is 2.90. The van der Waals surface area contributed by atoms with E-state index in [2.05, 4.69) is 13.5 Å². The quantitative estimate of drug-likeness (QED) is 0.245. The van der Waals surface area contributed by atoms with Crippen molar-refractivity contribution in [1.29, 1.82) is 0 Å². The molecule has 256 valence electrons. The fourth-order valence-electron chi connectivity index (χ4n) is 11.2. The standard InChI is InChI=1S/C37H48O10/c1-20(2)33-17-24(18-43-31(40)23-14-10-8-11-15-23)37-26-29(33)45-35(46-33,47-37)16-12-7-5-6-9-13-21(3)25-22(4)28(39)36(42,27(25)37)32(41)34(19-38)30(26)44-34/h8,10-11,14-15,21-22,24-27,29-30,32,38,41-42H,1,5-7,9,12-13,16-19H2,2-4H3/t21-,22-,24-,25-,26?,27+,29+,30-,32+,33+,34-,35?,36+,37+/m0/s1. The monoisotopic (exact) mass is 652 g/mol. The van der Waals surface area contributed by atoms with Gasteiger partial charge < -0.3 is 39.0 Å². The lowest BCUT2D eigenvalue weighted by Gasteiger charge is -2.61. The van der Waals surface area contributed by atoms with Crippen molar-refractivity contribution in [3.63, 3.8) is 0 Å². The van der Waals surface area contributed by atoms with Gasteiger partial charge in [-0.3, -0.25) is 4.79 Å². The van der Waals surface area contributed by atoms with E-state index in [-0.39, 0.29) is 18.4 Å². The predicted octanol–water partition coefficient (Wildman–Crippen LogP) is 3.70. The molecular formula is C37H48O10. The van der Waals surface area contributed by atoms with Gasteiger partial charge in [-0.05, 0) is 49.3 Å². The molecule has 0 amide bonds. The van der Waals surface area contributed by atoms with Crippen LogP contribution in [0.4, 0.5) is 0 Å². The number of ketones is 1. The van der Waals surface area contributed by atoms with E-state index in [9.17, 15) is 24.9 Å². The first kappa shape index (κ1) is 32.0. The topological polar surface area (TPSA) is 144 Å². The number of aliphatic hydroxyl groups excluding tert-OH is 2. The number of ether oxygens (including phenoxy) is 5. The summed E-state index contributed by atoms with van der Waals surface area (Å²) in [5, 5.41) is 36.0. The van der Waals surface area contributed by atoms with E-state index in [0.717, 1.165) is 44.1 Å². The van der Waals surface area contributed by atoms with Crippen molar-refractivity contribution < 1.29 is 48.6 Å². The van der Waals surface area contributed by atoms with Crippen LogP contribution in [0.1, 0.15) is 82.5 Å². The Bertz CT molecular complexity index is 1470. The van der Waals surface area contributed by atoms with E-state index in [4.69, 9.17) is 23.7 Å². The van der Waals surface area contributed by atoms with Gasteiger partial charge in [-0.15, -0.1) is 0 Å². The average molecular weight is 653 g/mol. The van der Waals surface area contributed by atoms with Crippen molar-refractivity contribution in [2.75, 3.05) is 13.2 Å². The Balaban J connectivity index is 1.36. The average Bonchev–Trinajstić information content (AvgIpc) is 3.70. The molecule has 4 heterocycles. The molecule has 1 aromatic carbocycles. The number of rotatable bonds is 5. The number of benzene rings is 1. The zero-order chi connectivity index (χ0) is 33.1. The first-order valence-corrected chi connectivity index (χ1v) is 17.6. The van der Waals surface area contributed by atoms with Crippen LogP contribution < -0.4 is 0 Å². The number of Topliss-reactive ketones (excluding diaryl/α,β-unsaturated/α-hetero) is 1. The van der Waals surface area contributed by atoms with Gasteiger partial charge in [0.05, 0.1) is 24.4 Å². The summed E-state index contributed by atoms with van der Waals surface area (Å²) in [7, 11) is 0. The summed E-state index contributed by atoms with van der Waals surface area (Å²) in [5.41, 5.74) is -5.20. The van der Waals surface area contributed by atoms with Crippen LogP contribution in [0.5, 0.6) is 0 Å². The first-order valence-electron chi connectivity index (χ1n) is 17.6. The second-order valence-corrected chi connectivity index (χ2v) is 15.7. The second-order valence-electron chi connectivity index (χ2n) is 15.7. The number of fused-ring (bicyclic) bond motifs is 1. The Hall–Kier alpha value is -2.18. The van der Waals surface area contributed by atoms with Gasteiger partial charge in [-0.2, -0.15) is 0 Å². The maximum atomic E-state index is 14.5. The fraction of sp³-hybridized carbons (Fsp3) is 0.730. The highest BCUT2D eigenvalue weighted by Crippen LogP contribution is 2.75. The maximum Gasteiger partial charge on any atom is 0.338 e. The molecule has 3 saturated carbocycles. The number of epoxide rings is 1. The number of hydrogen-bond acceptors (Lipinski definition) is 10. The molecule has 10 nitrogen and oxygen atoms in total. The molecule has 7 fully saturated rings. The van der Waals surface area contributed by atoms with Crippen LogP contribution in [-0.2, 0) is 28.5 Å². The smallest absolute Gasteiger partial charge is 0.338 e. The van der Waals surface area contributed by atoms with Crippen molar-refractivity contribution in [2.45, 2.75) is 119 Å². The van der Waals surface area contributed by atoms with Crippen LogP contribution in [0.25, 0.3) is 0 Å². The SMILES string of the molecule is C=C(C)[C@]12C[C@@H](COC(=O)c3ccccc3)[C@@]34OC5(CCCCCCC[C@H](C)[C@H]6[C@H](C)C(=O)[C@@](O)([C@H](O)[C@@]7(CO)O[C@H]7C3[C@H]1O5)[C@@H]64)O2. The lowest BCUT2D eigenvalue weighted by atomic mass is 9.51. The minimum absolute atomic E-state index is 0.00214. The van der Waals surface area contributed by atoms with Crippen molar-refractivity contribution in [2.24, 2.45) is 35.5 Å². The largest absolute Gasteiger partial charge is 0.462 e. The summed E-state index contributed by atoms with van der Waals surface area (Å²) in [6.07, 6.45) is 3.21. The van der Waals surface area contributed by atoms with E-state index in [0.29, 0.717) is 18.4 Å². The summed E-state index contributed by atoms with van der Waals surface area (Å²) in [4.78, 5) is 28.0. The molecule has 47 heavy (non-hydrogen) atoms. The van der Waals surface area contributed by atoms with Crippen molar-refractivity contribution >= 4 is 11.8 Å². The van der Waals surface area contributed by atoms with E-state index in [1.807, 2.05) is 19.9 Å². The van der Waals surface area contributed by atoms with Gasteiger partial charge in [-0.1, -0.05) is 70.7 Å². The highest BCUT2D eigenvalue weighted by atomic mass is 16.9. The van der Waals surface area contributed by atoms with Gasteiger partial charge in [0.1, 0.15) is 29.5 Å². The minimum atomic E-state index is -2.30. The Morgan fingerprint density at radius 3 is 2.49 bits per heavy atom. The van der Waals surface area contributed by atoms with Crippen molar-refractivity contribution in [3.05, 3.63) is 48.0 Å². The molecule has 3 bridgehead atoms. The zero-order valence-electron chi connectivity index (χ0n) is 27.6. The molecule has 3 aliphatic carbocycles. The molecule has 2 spiro atoms. The molecule has 0 aromatic heterocycles. The maximum absolute atomic E-state index is 14.5. The molecule has 8 rings (SSSR count). The molecule has 2 unspecified atom stereocenters. The van der Waals surface area contributed by atoms with Crippen LogP contribution in [0.15, 0.2) is 42.5 Å². The molecule has 14 atom stereocenters. The van der Waals surface area contributed by atoms with Gasteiger partial charge >= 0.3 is 5.97 Å². The first-order chi connectivity index (χ1) is 22.4. The molecular weight excluding hydrogens is 604 g/mol. The van der Waals surface area contributed by atoms with Gasteiger partial charge in [-0.25, -0.2) is 4.79 Å². The summed E-state index contributed by atoms with van der Waals surface area (Å²) in [5.74, 6) is -5.64. The third-order valence-electron chi connectivity index (χ3n) is 13.4. The van der Waals surface area contributed by atoms with E-state index < -0.39 is 88.7 Å². The van der Waals surface area contributed by atoms with Crippen LogP contribution in [0, 0.1) is 35.5 Å². The van der Waals surface area contributed by atoms with Gasteiger partial charge in [0.25, 0.3) is 5.97 Å². The zero-order valence-corrected chi connectivity index (χ0v) is 27.6. The number of aliphatic hydroxyl groups is 3. The summed E-state index contributed by atoms with van der Waals surface area (Å²) in [6, 6.07) is 8.77. The molecule has 4 saturated heterocycles. The Labute approximate surface area is 275 Å². The van der Waals surface area contributed by atoms with Crippen molar-refractivity contribution in [3.8, 4) is 0 Å². The van der Waals surface area contributed by atoms with Crippen molar-refractivity contribution in [1.82, 2.24) is 0 Å². The predicted molar refractivity (Wildman–Crippen MR) is 167 cm³/mol. The minimum Gasteiger partial charge on any atom is -0.462 e. The molecule has 0 radical (unpaired) electrons. The van der Waals surface area contributed by atoms with Crippen LogP contribution >= 0.6 is 0 Å². The lowest BCUT2D eigenvalue weighted by molar-refractivity contribution is -0.438. The van der Waals surface area contributed by atoms with Gasteiger partial charge in [0.15, 0.2) is 11.4 Å². The van der Waals surface area contributed by atoms with E-state index >= 15 is 0 Å². The molecule has 4 aliphatic heterocycles. The molecule has 3 N–H and O–H groups in total. The van der Waals surface area contributed by atoms with Gasteiger partial charge in [0.2, 0.25) is 0 Å². The number of hydrogen-bond donors (Lipinski definition) is 3. The highest BCUT2D eigenvalue weighted by molar-refractivity contribution is 5.94. The van der Waals surface area contributed by atoms with E-state index in [1.54, 1.807) is 24.3 Å². The second kappa shape index (κ2) is 10.7. The fourth-order valence-corrected chi connectivity index (χ4v) is 11.2. The van der Waals surface area contributed by atoms with Crippen LogP contribution in [0.3, 0.4) is 0 Å².